The number of fused-ring (bicyclic) bond motifs is 1. The Bertz CT molecular complexity index is 962. The summed E-state index contributed by atoms with van der Waals surface area (Å²) in [6, 6.07) is 23.7. The molecule has 6 heteroatoms. The third kappa shape index (κ3) is 5.41. The zero-order valence-corrected chi connectivity index (χ0v) is 15.3. The number of amides is 2. The normalized spacial score (nSPS) is 12.5. The second kappa shape index (κ2) is 9.87. The van der Waals surface area contributed by atoms with Gasteiger partial charge in [-0.1, -0.05) is 54.6 Å². The highest BCUT2D eigenvalue weighted by atomic mass is 19.1. The average molecular weight is 376 g/mol. The van der Waals surface area contributed by atoms with E-state index in [9.17, 15) is 9.18 Å². The molecule has 0 saturated carbocycles. The number of benzene rings is 2. The molecule has 4 aromatic rings. The van der Waals surface area contributed by atoms with E-state index in [1.165, 1.54) is 12.1 Å². The number of pyridine rings is 1. The number of hydrogen-bond acceptors (Lipinski definition) is 2. The number of carbonyl (C=O) groups excluding carboxylic acids is 1. The van der Waals surface area contributed by atoms with Gasteiger partial charge in [-0.2, -0.15) is 0 Å². The van der Waals surface area contributed by atoms with Crippen LogP contribution in [0, 0.1) is 5.82 Å². The molecule has 5 nitrogen and oxygen atoms in total. The van der Waals surface area contributed by atoms with Gasteiger partial charge in [0, 0.05) is 37.7 Å². The molecule has 0 bridgehead atoms. The molecular weight excluding hydrogens is 355 g/mol. The van der Waals surface area contributed by atoms with Crippen molar-refractivity contribution in [2.75, 3.05) is 18.0 Å². The lowest BCUT2D eigenvalue weighted by Gasteiger charge is -2.13. The van der Waals surface area contributed by atoms with Gasteiger partial charge in [0.25, 0.3) is 0 Å². The van der Waals surface area contributed by atoms with E-state index in [2.05, 4.69) is 10.3 Å². The number of aromatic nitrogens is 2. The molecule has 2 aromatic heterocycles. The van der Waals surface area contributed by atoms with Gasteiger partial charge in [-0.25, -0.2) is 14.2 Å². The molecule has 1 fully saturated rings. The van der Waals surface area contributed by atoms with Crippen LogP contribution in [0.3, 0.4) is 0 Å². The van der Waals surface area contributed by atoms with E-state index in [1.54, 1.807) is 29.3 Å². The van der Waals surface area contributed by atoms with E-state index in [4.69, 9.17) is 0 Å². The lowest BCUT2D eigenvalue weighted by Crippen LogP contribution is -2.27. The second-order valence-corrected chi connectivity index (χ2v) is 5.91. The van der Waals surface area contributed by atoms with E-state index in [1.807, 2.05) is 65.3 Å². The standard InChI is InChI=1S/C10H10N4O.C6H5F.C6H6/c15-10-12-3-6-14(10)8-1-4-13-5-2-11-9(13)7-8;7-6-4-2-1-3-5-6;1-2-4-6-5-3-1/h1-2,4-5,7H,3,6H2,(H,12,15);1-5H;1-6H. The fourth-order valence-corrected chi connectivity index (χ4v) is 2.58. The molecule has 0 atom stereocenters. The van der Waals surface area contributed by atoms with Crippen LogP contribution < -0.4 is 10.2 Å². The van der Waals surface area contributed by atoms with Gasteiger partial charge < -0.3 is 9.72 Å². The Morgan fingerprint density at radius 2 is 1.54 bits per heavy atom. The molecule has 1 N–H and O–H groups in total. The number of rotatable bonds is 1. The Kier molecular flexibility index (Phi) is 6.73. The van der Waals surface area contributed by atoms with Crippen molar-refractivity contribution < 1.29 is 9.18 Å². The van der Waals surface area contributed by atoms with Crippen molar-refractivity contribution in [2.24, 2.45) is 0 Å². The summed E-state index contributed by atoms with van der Waals surface area (Å²) in [4.78, 5) is 17.3. The zero-order valence-electron chi connectivity index (χ0n) is 15.3. The molecule has 0 radical (unpaired) electrons. The molecule has 1 aliphatic rings. The van der Waals surface area contributed by atoms with Gasteiger partial charge in [0.1, 0.15) is 11.5 Å². The fourth-order valence-electron chi connectivity index (χ4n) is 2.58. The van der Waals surface area contributed by atoms with Gasteiger partial charge in [0.15, 0.2) is 0 Å². The Morgan fingerprint density at radius 1 is 0.893 bits per heavy atom. The molecule has 2 amide bonds. The predicted molar refractivity (Wildman–Crippen MR) is 109 cm³/mol. The van der Waals surface area contributed by atoms with Crippen molar-refractivity contribution >= 4 is 17.4 Å². The second-order valence-electron chi connectivity index (χ2n) is 5.91. The summed E-state index contributed by atoms with van der Waals surface area (Å²) in [7, 11) is 0. The SMILES string of the molecule is Fc1ccccc1.O=C1NCCN1c1ccn2ccnc2c1.c1ccccc1. The summed E-state index contributed by atoms with van der Waals surface area (Å²) in [6.07, 6.45) is 5.52. The largest absolute Gasteiger partial charge is 0.336 e. The summed E-state index contributed by atoms with van der Waals surface area (Å²) in [6.45, 7) is 1.42. The van der Waals surface area contributed by atoms with Gasteiger partial charge in [-0.3, -0.25) is 4.90 Å². The number of urea groups is 1. The number of anilines is 1. The molecule has 5 rings (SSSR count). The summed E-state index contributed by atoms with van der Waals surface area (Å²) in [5.41, 5.74) is 1.75. The Balaban J connectivity index is 0.000000144. The highest BCUT2D eigenvalue weighted by Crippen LogP contribution is 2.17. The summed E-state index contributed by atoms with van der Waals surface area (Å²) >= 11 is 0. The van der Waals surface area contributed by atoms with Crippen molar-refractivity contribution in [1.82, 2.24) is 14.7 Å². The van der Waals surface area contributed by atoms with E-state index >= 15 is 0 Å². The van der Waals surface area contributed by atoms with E-state index in [0.717, 1.165) is 17.9 Å². The lowest BCUT2D eigenvalue weighted by molar-refractivity contribution is 0.252. The molecular formula is C22H21FN4O. The molecule has 28 heavy (non-hydrogen) atoms. The smallest absolute Gasteiger partial charge is 0.321 e. The number of imidazole rings is 1. The van der Waals surface area contributed by atoms with Crippen LogP contribution in [-0.4, -0.2) is 28.5 Å². The molecule has 1 aliphatic heterocycles. The minimum Gasteiger partial charge on any atom is -0.336 e. The Labute approximate surface area is 163 Å². The monoisotopic (exact) mass is 376 g/mol. The van der Waals surface area contributed by atoms with Crippen LogP contribution in [0.25, 0.3) is 5.65 Å². The first-order valence-electron chi connectivity index (χ1n) is 8.93. The maximum atomic E-state index is 11.9. The topological polar surface area (TPSA) is 49.6 Å². The molecule has 0 unspecified atom stereocenters. The van der Waals surface area contributed by atoms with Gasteiger partial charge >= 0.3 is 6.03 Å². The summed E-state index contributed by atoms with van der Waals surface area (Å²) in [5.74, 6) is -0.178. The molecule has 0 aliphatic carbocycles. The van der Waals surface area contributed by atoms with Crippen molar-refractivity contribution in [2.45, 2.75) is 0 Å². The van der Waals surface area contributed by atoms with Gasteiger partial charge in [-0.15, -0.1) is 0 Å². The maximum absolute atomic E-state index is 11.9. The summed E-state index contributed by atoms with van der Waals surface area (Å²) < 4.78 is 13.8. The molecule has 1 saturated heterocycles. The molecule has 0 spiro atoms. The van der Waals surface area contributed by atoms with Crippen LogP contribution in [0.1, 0.15) is 0 Å². The summed E-state index contributed by atoms with van der Waals surface area (Å²) in [5, 5.41) is 2.77. The third-order valence-corrected chi connectivity index (χ3v) is 3.95. The van der Waals surface area contributed by atoms with E-state index in [0.29, 0.717) is 6.54 Å². The number of hydrogen-bond donors (Lipinski definition) is 1. The number of carbonyl (C=O) groups is 1. The third-order valence-electron chi connectivity index (χ3n) is 3.95. The first-order chi connectivity index (χ1) is 13.7. The average Bonchev–Trinajstić information content (AvgIpc) is 3.39. The first kappa shape index (κ1) is 19.1. The number of nitrogens with zero attached hydrogens (tertiary/aromatic N) is 3. The van der Waals surface area contributed by atoms with Crippen LogP contribution in [0.2, 0.25) is 0 Å². The quantitative estimate of drug-likeness (QED) is 0.536. The van der Waals surface area contributed by atoms with Crippen molar-refractivity contribution in [1.29, 1.82) is 0 Å². The molecule has 3 heterocycles. The van der Waals surface area contributed by atoms with E-state index < -0.39 is 0 Å². The minimum atomic E-state index is -0.178. The number of nitrogens with one attached hydrogen (secondary N) is 1. The van der Waals surface area contributed by atoms with Crippen LogP contribution in [0.4, 0.5) is 14.9 Å². The number of halogens is 1. The first-order valence-corrected chi connectivity index (χ1v) is 8.93. The predicted octanol–water partition coefficient (Wildman–Crippen LogP) is 4.38. The maximum Gasteiger partial charge on any atom is 0.321 e. The van der Waals surface area contributed by atoms with Crippen LogP contribution in [0.5, 0.6) is 0 Å². The van der Waals surface area contributed by atoms with Crippen LogP contribution >= 0.6 is 0 Å². The molecule has 2 aromatic carbocycles. The zero-order chi connectivity index (χ0) is 19.6. The Hall–Kier alpha value is -3.67. The Morgan fingerprint density at radius 3 is 2.07 bits per heavy atom. The fraction of sp³-hybridized carbons (Fsp3) is 0.0909. The van der Waals surface area contributed by atoms with Crippen molar-refractivity contribution in [3.8, 4) is 0 Å². The molecule has 142 valence electrons. The van der Waals surface area contributed by atoms with Gasteiger partial charge in [-0.05, 0) is 18.2 Å². The van der Waals surface area contributed by atoms with Gasteiger partial charge in [0.05, 0.1) is 5.69 Å². The van der Waals surface area contributed by atoms with Gasteiger partial charge in [0.2, 0.25) is 0 Å². The highest BCUT2D eigenvalue weighted by molar-refractivity contribution is 5.94. The highest BCUT2D eigenvalue weighted by Gasteiger charge is 2.21. The minimum absolute atomic E-state index is 0.0362. The van der Waals surface area contributed by atoms with Crippen molar-refractivity contribution in [3.63, 3.8) is 0 Å². The van der Waals surface area contributed by atoms with Crippen molar-refractivity contribution in [3.05, 3.63) is 103 Å². The van der Waals surface area contributed by atoms with Crippen LogP contribution in [-0.2, 0) is 0 Å². The lowest BCUT2D eigenvalue weighted by atomic mass is 10.3. The van der Waals surface area contributed by atoms with E-state index in [-0.39, 0.29) is 11.8 Å². The van der Waals surface area contributed by atoms with Crippen LogP contribution in [0.15, 0.2) is 97.5 Å².